The summed E-state index contributed by atoms with van der Waals surface area (Å²) in [4.78, 5) is 24.6. The number of rotatable bonds is 2. The van der Waals surface area contributed by atoms with Gasteiger partial charge in [0.1, 0.15) is 0 Å². The third-order valence-corrected chi connectivity index (χ3v) is 12.5. The highest BCUT2D eigenvalue weighted by atomic mass is 17.3. The van der Waals surface area contributed by atoms with Gasteiger partial charge in [-0.2, -0.15) is 0 Å². The molecule has 4 bridgehead atoms. The Hall–Kier alpha value is -0.360. The van der Waals surface area contributed by atoms with Gasteiger partial charge in [-0.15, -0.1) is 0 Å². The second kappa shape index (κ2) is 8.60. The fraction of sp³-hybridized carbons (Fsp3) is 1.00. The molecule has 39 heavy (non-hydrogen) atoms. The molecule has 2 spiro atoms. The van der Waals surface area contributed by atoms with E-state index in [-0.39, 0.29) is 23.7 Å². The van der Waals surface area contributed by atoms with Gasteiger partial charge in [-0.1, -0.05) is 27.7 Å². The van der Waals surface area contributed by atoms with E-state index in [0.29, 0.717) is 23.7 Å². The van der Waals surface area contributed by atoms with Gasteiger partial charge >= 0.3 is 0 Å². The van der Waals surface area contributed by atoms with Crippen LogP contribution in [0, 0.1) is 47.3 Å². The van der Waals surface area contributed by atoms with Crippen molar-refractivity contribution >= 4 is 0 Å². The Bertz CT molecular complexity index is 919. The van der Waals surface area contributed by atoms with Crippen molar-refractivity contribution in [2.45, 2.75) is 141 Å². The van der Waals surface area contributed by atoms with Gasteiger partial charge in [-0.05, 0) is 76.0 Å². The van der Waals surface area contributed by atoms with Gasteiger partial charge in [0.15, 0.2) is 36.4 Å². The van der Waals surface area contributed by atoms with Crippen LogP contribution in [0.15, 0.2) is 0 Å². The van der Waals surface area contributed by atoms with Crippen molar-refractivity contribution in [1.82, 2.24) is 0 Å². The molecule has 8 saturated heterocycles. The zero-order valence-electron chi connectivity index (χ0n) is 24.3. The Morgan fingerprint density at radius 1 is 0.538 bits per heavy atom. The lowest BCUT2D eigenvalue weighted by molar-refractivity contribution is -0.590. The van der Waals surface area contributed by atoms with Crippen LogP contribution >= 0.6 is 0 Å². The third-order valence-electron chi connectivity index (χ3n) is 12.5. The summed E-state index contributed by atoms with van der Waals surface area (Å²) in [6.07, 6.45) is 5.95. The molecule has 0 aromatic heterocycles. The van der Waals surface area contributed by atoms with Crippen molar-refractivity contribution in [2.24, 2.45) is 47.3 Å². The average Bonchev–Trinajstić information content (AvgIpc) is 3.27. The quantitative estimate of drug-likeness (QED) is 0.419. The number of hydrogen-bond donors (Lipinski definition) is 0. The standard InChI is InChI=1S/C30H46O9/c1-15-7-9-21-17(3)23(32-25-29(21)19(15)11-13-27(5,34-25)36-38-29)31-24-18(4)22-10-8-16(2)20-12-14-28(6)35-26(33-24)30(20,22)39-37-28/h15-26H,7-14H2,1-6H3/t15-,16-,17-,18-,19?,20?,21?,22?,23-,24+,25-,26-,27?,28?,29-,30-/m1/s1. The van der Waals surface area contributed by atoms with Crippen LogP contribution in [0.3, 0.4) is 0 Å². The molecule has 10 rings (SSSR count). The molecule has 0 aromatic rings. The van der Waals surface area contributed by atoms with Gasteiger partial charge in [0, 0.05) is 36.5 Å². The topological polar surface area (TPSA) is 83.1 Å². The minimum atomic E-state index is -0.808. The predicted octanol–water partition coefficient (Wildman–Crippen LogP) is 5.42. The second-order valence-corrected chi connectivity index (χ2v) is 14.7. The first kappa shape index (κ1) is 26.3. The first-order valence-electron chi connectivity index (χ1n) is 15.6. The molecule has 2 aliphatic carbocycles. The molecule has 2 saturated carbocycles. The number of hydrogen-bond acceptors (Lipinski definition) is 9. The number of ether oxygens (including phenoxy) is 5. The molecule has 10 fully saturated rings. The smallest absolute Gasteiger partial charge is 0.201 e. The van der Waals surface area contributed by atoms with E-state index in [1.165, 1.54) is 0 Å². The summed E-state index contributed by atoms with van der Waals surface area (Å²) in [7, 11) is 0. The molecule has 0 N–H and O–H groups in total. The van der Waals surface area contributed by atoms with Crippen molar-refractivity contribution in [3.05, 3.63) is 0 Å². The zero-order chi connectivity index (χ0) is 26.9. The van der Waals surface area contributed by atoms with Gasteiger partial charge in [0.25, 0.3) is 0 Å². The van der Waals surface area contributed by atoms with Crippen LogP contribution in [0.4, 0.5) is 0 Å². The van der Waals surface area contributed by atoms with Gasteiger partial charge < -0.3 is 23.7 Å². The van der Waals surface area contributed by atoms with Crippen LogP contribution in [-0.2, 0) is 43.2 Å². The lowest BCUT2D eigenvalue weighted by atomic mass is 9.58. The first-order chi connectivity index (χ1) is 18.6. The molecular formula is C30H46O9. The second-order valence-electron chi connectivity index (χ2n) is 14.7. The Labute approximate surface area is 231 Å². The molecule has 8 aliphatic heterocycles. The molecule has 0 radical (unpaired) electrons. The van der Waals surface area contributed by atoms with Gasteiger partial charge in [0.2, 0.25) is 11.6 Å². The fourth-order valence-corrected chi connectivity index (χ4v) is 10.2. The Kier molecular flexibility index (Phi) is 5.80. The lowest BCUT2D eigenvalue weighted by Gasteiger charge is -2.62. The summed E-state index contributed by atoms with van der Waals surface area (Å²) >= 11 is 0. The first-order valence-corrected chi connectivity index (χ1v) is 15.6. The lowest BCUT2D eigenvalue weighted by Crippen LogP contribution is -2.72. The minimum Gasteiger partial charge on any atom is -0.323 e. The van der Waals surface area contributed by atoms with Crippen LogP contribution in [0.25, 0.3) is 0 Å². The summed E-state index contributed by atoms with van der Waals surface area (Å²) < 4.78 is 33.4. The highest BCUT2D eigenvalue weighted by Crippen LogP contribution is 2.63. The fourth-order valence-electron chi connectivity index (χ4n) is 10.2. The van der Waals surface area contributed by atoms with Crippen molar-refractivity contribution in [3.63, 3.8) is 0 Å². The summed E-state index contributed by atoms with van der Waals surface area (Å²) in [5.41, 5.74) is -1.21. The molecule has 8 heterocycles. The van der Waals surface area contributed by atoms with Gasteiger partial charge in [-0.3, -0.25) is 0 Å². The largest absolute Gasteiger partial charge is 0.323 e. The van der Waals surface area contributed by atoms with Gasteiger partial charge in [-0.25, -0.2) is 19.6 Å². The van der Waals surface area contributed by atoms with E-state index < -0.39 is 47.9 Å². The van der Waals surface area contributed by atoms with Crippen molar-refractivity contribution in [1.29, 1.82) is 0 Å². The maximum Gasteiger partial charge on any atom is 0.201 e. The Balaban J connectivity index is 1.09. The highest BCUT2D eigenvalue weighted by molar-refractivity contribution is 5.11. The van der Waals surface area contributed by atoms with Crippen molar-refractivity contribution in [3.8, 4) is 0 Å². The molecule has 220 valence electrons. The monoisotopic (exact) mass is 550 g/mol. The summed E-state index contributed by atoms with van der Waals surface area (Å²) in [5.74, 6) is 0.661. The molecule has 9 nitrogen and oxygen atoms in total. The third kappa shape index (κ3) is 3.45. The zero-order valence-corrected chi connectivity index (χ0v) is 24.3. The van der Waals surface area contributed by atoms with Crippen LogP contribution < -0.4 is 0 Å². The maximum absolute atomic E-state index is 6.85. The minimum absolute atomic E-state index is 0.0836. The van der Waals surface area contributed by atoms with E-state index in [1.807, 2.05) is 13.8 Å². The van der Waals surface area contributed by atoms with Crippen LogP contribution in [0.1, 0.15) is 92.9 Å². The normalized spacial score (nSPS) is 63.5. The van der Waals surface area contributed by atoms with Gasteiger partial charge in [0.05, 0.1) is 0 Å². The molecule has 16 atom stereocenters. The molecule has 6 unspecified atom stereocenters. The van der Waals surface area contributed by atoms with E-state index in [4.69, 9.17) is 43.2 Å². The highest BCUT2D eigenvalue weighted by Gasteiger charge is 2.72. The van der Waals surface area contributed by atoms with Crippen molar-refractivity contribution in [2.75, 3.05) is 0 Å². The molecular weight excluding hydrogens is 504 g/mol. The van der Waals surface area contributed by atoms with E-state index >= 15 is 0 Å². The molecule has 0 amide bonds. The van der Waals surface area contributed by atoms with E-state index in [0.717, 1.165) is 51.4 Å². The summed E-state index contributed by atoms with van der Waals surface area (Å²) in [6.45, 7) is 13.0. The summed E-state index contributed by atoms with van der Waals surface area (Å²) in [6, 6.07) is 0. The molecule has 9 heteroatoms. The van der Waals surface area contributed by atoms with E-state index in [9.17, 15) is 0 Å². The summed E-state index contributed by atoms with van der Waals surface area (Å²) in [5, 5.41) is 0. The Morgan fingerprint density at radius 2 is 0.974 bits per heavy atom. The Morgan fingerprint density at radius 3 is 1.41 bits per heavy atom. The molecule has 0 aromatic carbocycles. The van der Waals surface area contributed by atoms with E-state index in [2.05, 4.69) is 27.7 Å². The van der Waals surface area contributed by atoms with Crippen molar-refractivity contribution < 1.29 is 43.2 Å². The van der Waals surface area contributed by atoms with Crippen LogP contribution in [0.2, 0.25) is 0 Å². The van der Waals surface area contributed by atoms with Crippen LogP contribution in [0.5, 0.6) is 0 Å². The predicted molar refractivity (Wildman–Crippen MR) is 135 cm³/mol. The van der Waals surface area contributed by atoms with Crippen LogP contribution in [-0.4, -0.2) is 47.9 Å². The SMILES string of the molecule is C[C@@H]1CCC2[C@@H](C)[C@H](O[C@H]3O[C@@H]4OC5(C)CCC6[C@H](C)CCC([C@H]3C)[C@]64OO5)O[C@@H]3OC4(C)CCC1[C@@]23OO4. The van der Waals surface area contributed by atoms with E-state index in [1.54, 1.807) is 0 Å². The number of fused-ring (bicyclic) bond motifs is 4. The maximum atomic E-state index is 6.85. The molecule has 10 aliphatic rings. The average molecular weight is 551 g/mol.